The summed E-state index contributed by atoms with van der Waals surface area (Å²) in [6.45, 7) is 4.84. The first-order chi connectivity index (χ1) is 13.3. The number of para-hydroxylation sites is 2. The molecule has 0 saturated heterocycles. The van der Waals surface area contributed by atoms with Crippen LogP contribution in [0.25, 0.3) is 11.0 Å². The molecule has 148 valence electrons. The fraction of sp³-hybridized carbons (Fsp3) is 0.364. The van der Waals surface area contributed by atoms with Gasteiger partial charge in [-0.05, 0) is 43.0 Å². The lowest BCUT2D eigenvalue weighted by molar-refractivity contribution is 0.578. The molecule has 4 rings (SSSR count). The monoisotopic (exact) mass is 489 g/mol. The maximum Gasteiger partial charge on any atom is 0.190 e. The zero-order chi connectivity index (χ0) is 18.6. The number of hydrogen-bond acceptors (Lipinski definition) is 2. The molecule has 0 fully saturated rings. The van der Waals surface area contributed by atoms with Crippen LogP contribution in [0.3, 0.4) is 0 Å². The number of imidazole rings is 1. The smallest absolute Gasteiger partial charge is 0.190 e. The molecule has 3 aromatic rings. The van der Waals surface area contributed by atoms with Crippen molar-refractivity contribution in [3.63, 3.8) is 0 Å². The molecule has 1 aromatic heterocycles. The van der Waals surface area contributed by atoms with Crippen LogP contribution in [0.1, 0.15) is 29.3 Å². The molecule has 5 nitrogen and oxygen atoms in total. The molecule has 1 heterocycles. The van der Waals surface area contributed by atoms with Gasteiger partial charge in [-0.15, -0.1) is 24.0 Å². The van der Waals surface area contributed by atoms with E-state index in [1.807, 2.05) is 13.1 Å². The zero-order valence-electron chi connectivity index (χ0n) is 16.5. The van der Waals surface area contributed by atoms with Crippen LogP contribution in [0.5, 0.6) is 0 Å². The number of benzene rings is 2. The third-order valence-corrected chi connectivity index (χ3v) is 5.40. The first kappa shape index (κ1) is 20.6. The summed E-state index contributed by atoms with van der Waals surface area (Å²) in [5.74, 6) is 2.55. The predicted molar refractivity (Wildman–Crippen MR) is 127 cm³/mol. The van der Waals surface area contributed by atoms with E-state index in [9.17, 15) is 0 Å². The number of aromatic nitrogens is 2. The molecule has 0 amide bonds. The molecule has 2 aromatic carbocycles. The first-order valence-electron chi connectivity index (χ1n) is 9.70. The van der Waals surface area contributed by atoms with Crippen molar-refractivity contribution in [1.29, 1.82) is 0 Å². The molecule has 0 bridgehead atoms. The molecule has 0 radical (unpaired) electrons. The summed E-state index contributed by atoms with van der Waals surface area (Å²) in [6.07, 6.45) is 2.18. The Labute approximate surface area is 183 Å². The van der Waals surface area contributed by atoms with E-state index < -0.39 is 0 Å². The zero-order valence-corrected chi connectivity index (χ0v) is 18.8. The van der Waals surface area contributed by atoms with Gasteiger partial charge in [-0.25, -0.2) is 4.98 Å². The van der Waals surface area contributed by atoms with Crippen molar-refractivity contribution >= 4 is 41.0 Å². The Morgan fingerprint density at radius 2 is 1.93 bits per heavy atom. The Kier molecular flexibility index (Phi) is 6.93. The van der Waals surface area contributed by atoms with E-state index in [0.29, 0.717) is 5.92 Å². The molecule has 6 heteroatoms. The van der Waals surface area contributed by atoms with Crippen LogP contribution >= 0.6 is 24.0 Å². The van der Waals surface area contributed by atoms with Gasteiger partial charge >= 0.3 is 0 Å². The first-order valence-corrected chi connectivity index (χ1v) is 9.70. The standard InChI is InChI=1S/C22H27N5.HI/c1-16-26-20-10-5-6-11-21(20)27(16)13-7-12-24-22(23-2)25-15-18-14-17-8-3-4-9-19(17)18;/h3-6,8-11,18H,7,12-15H2,1-2H3,(H2,23,24,25);1H. The largest absolute Gasteiger partial charge is 0.356 e. The third-order valence-electron chi connectivity index (χ3n) is 5.40. The van der Waals surface area contributed by atoms with Crippen molar-refractivity contribution in [2.45, 2.75) is 32.2 Å². The highest BCUT2D eigenvalue weighted by Gasteiger charge is 2.25. The second-order valence-electron chi connectivity index (χ2n) is 7.13. The quantitative estimate of drug-likeness (QED) is 0.239. The average molecular weight is 489 g/mol. The van der Waals surface area contributed by atoms with E-state index in [-0.39, 0.29) is 24.0 Å². The van der Waals surface area contributed by atoms with Crippen molar-refractivity contribution in [3.05, 3.63) is 65.5 Å². The average Bonchev–Trinajstić information content (AvgIpc) is 2.99. The predicted octanol–water partition coefficient (Wildman–Crippen LogP) is 3.86. The van der Waals surface area contributed by atoms with Crippen molar-refractivity contribution < 1.29 is 0 Å². The number of halogens is 1. The number of fused-ring (bicyclic) bond motifs is 2. The minimum atomic E-state index is 0. The summed E-state index contributed by atoms with van der Waals surface area (Å²) in [7, 11) is 1.83. The van der Waals surface area contributed by atoms with Gasteiger partial charge in [0.25, 0.3) is 0 Å². The van der Waals surface area contributed by atoms with Crippen LogP contribution in [0.4, 0.5) is 0 Å². The summed E-state index contributed by atoms with van der Waals surface area (Å²) in [5, 5.41) is 6.90. The Balaban J connectivity index is 0.00000225. The van der Waals surface area contributed by atoms with Crippen LogP contribution < -0.4 is 10.6 Å². The Bertz CT molecular complexity index is 962. The summed E-state index contributed by atoms with van der Waals surface area (Å²) >= 11 is 0. The molecular weight excluding hydrogens is 461 g/mol. The molecule has 1 aliphatic rings. The highest BCUT2D eigenvalue weighted by molar-refractivity contribution is 14.0. The van der Waals surface area contributed by atoms with Gasteiger partial charge in [0.05, 0.1) is 11.0 Å². The number of hydrogen-bond donors (Lipinski definition) is 2. The molecule has 0 spiro atoms. The van der Waals surface area contributed by atoms with E-state index in [0.717, 1.165) is 49.8 Å². The second-order valence-corrected chi connectivity index (χ2v) is 7.13. The Morgan fingerprint density at radius 1 is 1.14 bits per heavy atom. The van der Waals surface area contributed by atoms with Gasteiger partial charge in [0.15, 0.2) is 5.96 Å². The topological polar surface area (TPSA) is 54.2 Å². The van der Waals surface area contributed by atoms with Crippen molar-refractivity contribution in [3.8, 4) is 0 Å². The van der Waals surface area contributed by atoms with Crippen molar-refractivity contribution in [2.24, 2.45) is 4.99 Å². The number of rotatable bonds is 6. The maximum atomic E-state index is 4.63. The molecular formula is C22H28IN5. The maximum absolute atomic E-state index is 4.63. The molecule has 1 unspecified atom stereocenters. The number of guanidine groups is 1. The van der Waals surface area contributed by atoms with Crippen LogP contribution in [0.15, 0.2) is 53.5 Å². The number of nitrogens with one attached hydrogen (secondary N) is 2. The molecule has 28 heavy (non-hydrogen) atoms. The van der Waals surface area contributed by atoms with Gasteiger partial charge in [-0.3, -0.25) is 4.99 Å². The van der Waals surface area contributed by atoms with Gasteiger partial charge in [-0.2, -0.15) is 0 Å². The summed E-state index contributed by atoms with van der Waals surface area (Å²) in [5.41, 5.74) is 5.24. The van der Waals surface area contributed by atoms with Crippen molar-refractivity contribution in [1.82, 2.24) is 20.2 Å². The minimum absolute atomic E-state index is 0. The Morgan fingerprint density at radius 3 is 2.75 bits per heavy atom. The molecule has 1 atom stereocenters. The van der Waals surface area contributed by atoms with E-state index in [2.05, 4.69) is 74.6 Å². The third kappa shape index (κ3) is 4.32. The van der Waals surface area contributed by atoms with E-state index >= 15 is 0 Å². The molecule has 1 aliphatic carbocycles. The lowest BCUT2D eigenvalue weighted by Gasteiger charge is -2.30. The van der Waals surface area contributed by atoms with E-state index in [1.165, 1.54) is 16.6 Å². The highest BCUT2D eigenvalue weighted by atomic mass is 127. The van der Waals surface area contributed by atoms with Gasteiger partial charge in [-0.1, -0.05) is 36.4 Å². The van der Waals surface area contributed by atoms with Gasteiger partial charge in [0.1, 0.15) is 5.82 Å². The fourth-order valence-electron chi connectivity index (χ4n) is 3.91. The summed E-state index contributed by atoms with van der Waals surface area (Å²) in [6, 6.07) is 17.0. The van der Waals surface area contributed by atoms with E-state index in [1.54, 1.807) is 0 Å². The highest BCUT2D eigenvalue weighted by Crippen LogP contribution is 2.33. The Hall–Kier alpha value is -2.09. The number of nitrogens with zero attached hydrogens (tertiary/aromatic N) is 3. The van der Waals surface area contributed by atoms with Gasteiger partial charge in [0.2, 0.25) is 0 Å². The second kappa shape index (κ2) is 9.41. The van der Waals surface area contributed by atoms with Crippen LogP contribution in [0.2, 0.25) is 0 Å². The van der Waals surface area contributed by atoms with Crippen molar-refractivity contribution in [2.75, 3.05) is 20.1 Å². The summed E-state index contributed by atoms with van der Waals surface area (Å²) < 4.78 is 2.29. The van der Waals surface area contributed by atoms with E-state index in [4.69, 9.17) is 0 Å². The molecule has 2 N–H and O–H groups in total. The fourth-order valence-corrected chi connectivity index (χ4v) is 3.91. The van der Waals surface area contributed by atoms with Crippen LogP contribution in [-0.2, 0) is 13.0 Å². The van der Waals surface area contributed by atoms with Crippen LogP contribution in [-0.4, -0.2) is 35.6 Å². The van der Waals surface area contributed by atoms with Gasteiger partial charge in [0, 0.05) is 32.6 Å². The number of aliphatic imine (C=N–C) groups is 1. The lowest BCUT2D eigenvalue weighted by Crippen LogP contribution is -2.41. The minimum Gasteiger partial charge on any atom is -0.356 e. The summed E-state index contributed by atoms with van der Waals surface area (Å²) in [4.78, 5) is 8.98. The van der Waals surface area contributed by atoms with Crippen LogP contribution in [0, 0.1) is 6.92 Å². The lowest BCUT2D eigenvalue weighted by atomic mass is 9.78. The van der Waals surface area contributed by atoms with Gasteiger partial charge < -0.3 is 15.2 Å². The molecule has 0 saturated carbocycles. The normalized spacial score (nSPS) is 15.5. The molecule has 0 aliphatic heterocycles. The SMILES string of the molecule is CN=C(NCCCn1c(C)nc2ccccc21)NCC1Cc2ccccc21.I. The number of aryl methyl sites for hydroxylation is 2.